The lowest BCUT2D eigenvalue weighted by Crippen LogP contribution is -2.15. The third-order valence-corrected chi connectivity index (χ3v) is 5.79. The van der Waals surface area contributed by atoms with Crippen LogP contribution >= 0.6 is 27.3 Å². The number of hydrogen-bond donors (Lipinski definition) is 2. The molecule has 0 fully saturated rings. The van der Waals surface area contributed by atoms with E-state index in [1.54, 1.807) is 30.5 Å². The van der Waals surface area contributed by atoms with Gasteiger partial charge in [-0.25, -0.2) is 13.4 Å². The largest absolute Gasteiger partial charge is 0.326 e. The second-order valence-corrected chi connectivity index (χ2v) is 7.29. The van der Waals surface area contributed by atoms with Crippen LogP contribution in [0.2, 0.25) is 0 Å². The van der Waals surface area contributed by atoms with Crippen molar-refractivity contribution in [3.8, 4) is 0 Å². The van der Waals surface area contributed by atoms with Crippen LogP contribution in [0.1, 0.15) is 10.6 Å². The van der Waals surface area contributed by atoms with Gasteiger partial charge in [-0.15, -0.1) is 11.3 Å². The molecule has 0 aromatic carbocycles. The summed E-state index contributed by atoms with van der Waals surface area (Å²) in [6.45, 7) is 1.98. The molecule has 102 valence electrons. The lowest BCUT2D eigenvalue weighted by atomic mass is 10.4. The number of anilines is 1. The van der Waals surface area contributed by atoms with Crippen LogP contribution in [-0.2, 0) is 16.6 Å². The number of nitrogens with zero attached hydrogens (tertiary/aromatic N) is 1. The van der Waals surface area contributed by atoms with E-state index in [2.05, 4.69) is 25.6 Å². The van der Waals surface area contributed by atoms with Gasteiger partial charge in [0.15, 0.2) is 0 Å². The number of nitrogens with two attached hydrogens (primary N) is 1. The molecular weight excluding hydrogens is 350 g/mol. The van der Waals surface area contributed by atoms with Gasteiger partial charge in [0.2, 0.25) is 0 Å². The van der Waals surface area contributed by atoms with Gasteiger partial charge in [-0.2, -0.15) is 0 Å². The summed E-state index contributed by atoms with van der Waals surface area (Å²) in [6.07, 6.45) is 0. The molecular formula is C11H12BrN3O2S2. The summed E-state index contributed by atoms with van der Waals surface area (Å²) in [5, 5.41) is 1.71. The van der Waals surface area contributed by atoms with Gasteiger partial charge < -0.3 is 5.73 Å². The predicted octanol–water partition coefficient (Wildman–Crippen LogP) is 2.47. The number of thiophene rings is 1. The van der Waals surface area contributed by atoms with Gasteiger partial charge in [-0.3, -0.25) is 4.72 Å². The number of hydrogen-bond acceptors (Lipinski definition) is 5. The summed E-state index contributed by atoms with van der Waals surface area (Å²) in [6, 6.07) is 4.89. The fraction of sp³-hybridized carbons (Fsp3) is 0.182. The molecule has 19 heavy (non-hydrogen) atoms. The summed E-state index contributed by atoms with van der Waals surface area (Å²) >= 11 is 4.64. The van der Waals surface area contributed by atoms with Gasteiger partial charge in [0.25, 0.3) is 10.0 Å². The molecule has 0 atom stereocenters. The first kappa shape index (κ1) is 14.4. The number of aromatic nitrogens is 1. The van der Waals surface area contributed by atoms with Crippen molar-refractivity contribution in [2.24, 2.45) is 5.73 Å². The van der Waals surface area contributed by atoms with Crippen molar-refractivity contribution in [3.05, 3.63) is 38.6 Å². The minimum Gasteiger partial charge on any atom is -0.326 e. The third kappa shape index (κ3) is 3.14. The number of rotatable bonds is 4. The van der Waals surface area contributed by atoms with E-state index in [4.69, 9.17) is 5.73 Å². The van der Waals surface area contributed by atoms with E-state index < -0.39 is 10.0 Å². The average molecular weight is 362 g/mol. The minimum absolute atomic E-state index is 0.195. The summed E-state index contributed by atoms with van der Waals surface area (Å²) in [5.41, 5.74) is 6.24. The summed E-state index contributed by atoms with van der Waals surface area (Å²) in [4.78, 5) is 5.00. The molecule has 2 aromatic heterocycles. The molecule has 0 unspecified atom stereocenters. The Morgan fingerprint density at radius 3 is 2.79 bits per heavy atom. The molecule has 2 heterocycles. The highest BCUT2D eigenvalue weighted by Gasteiger charge is 2.19. The van der Waals surface area contributed by atoms with Crippen LogP contribution in [0.5, 0.6) is 0 Å². The van der Waals surface area contributed by atoms with Crippen LogP contribution in [0, 0.1) is 6.92 Å². The van der Waals surface area contributed by atoms with Gasteiger partial charge in [-0.1, -0.05) is 0 Å². The third-order valence-electron chi connectivity index (χ3n) is 2.44. The highest BCUT2D eigenvalue weighted by Crippen LogP contribution is 2.24. The van der Waals surface area contributed by atoms with Crippen molar-refractivity contribution in [3.63, 3.8) is 0 Å². The van der Waals surface area contributed by atoms with Crippen molar-refractivity contribution in [1.82, 2.24) is 4.98 Å². The Labute approximate surface area is 124 Å². The van der Waals surface area contributed by atoms with E-state index in [1.165, 1.54) is 11.3 Å². The maximum atomic E-state index is 12.2. The minimum atomic E-state index is -3.64. The van der Waals surface area contributed by atoms with Crippen molar-refractivity contribution >= 4 is 43.1 Å². The van der Waals surface area contributed by atoms with E-state index in [1.807, 2.05) is 0 Å². The SMILES string of the molecule is Cc1nc(NS(=O)(=O)c2ccsc2CN)ccc1Br. The Hall–Kier alpha value is -0.960. The Bertz CT molecular complexity index is 698. The van der Waals surface area contributed by atoms with Gasteiger partial charge in [0.1, 0.15) is 10.7 Å². The molecule has 3 N–H and O–H groups in total. The van der Waals surface area contributed by atoms with Crippen molar-refractivity contribution in [1.29, 1.82) is 0 Å². The first-order valence-corrected chi connectivity index (χ1v) is 8.52. The van der Waals surface area contributed by atoms with Crippen LogP contribution in [-0.4, -0.2) is 13.4 Å². The monoisotopic (exact) mass is 361 g/mol. The van der Waals surface area contributed by atoms with Gasteiger partial charge in [0.05, 0.1) is 5.69 Å². The number of nitrogens with one attached hydrogen (secondary N) is 1. The second kappa shape index (κ2) is 5.58. The Balaban J connectivity index is 2.34. The number of sulfonamides is 1. The van der Waals surface area contributed by atoms with E-state index in [0.717, 1.165) is 4.47 Å². The molecule has 8 heteroatoms. The Kier molecular flexibility index (Phi) is 4.24. The maximum Gasteiger partial charge on any atom is 0.264 e. The first-order chi connectivity index (χ1) is 8.94. The van der Waals surface area contributed by atoms with Gasteiger partial charge >= 0.3 is 0 Å². The normalized spacial score (nSPS) is 11.5. The average Bonchev–Trinajstić information content (AvgIpc) is 2.82. The molecule has 0 aliphatic heterocycles. The number of pyridine rings is 1. The van der Waals surface area contributed by atoms with Crippen LogP contribution in [0.25, 0.3) is 0 Å². The topological polar surface area (TPSA) is 85.1 Å². The van der Waals surface area contributed by atoms with Crippen molar-refractivity contribution in [2.75, 3.05) is 4.72 Å². The molecule has 0 spiro atoms. The zero-order valence-electron chi connectivity index (χ0n) is 10.1. The second-order valence-electron chi connectivity index (χ2n) is 3.78. The summed E-state index contributed by atoms with van der Waals surface area (Å²) in [5.74, 6) is 0.287. The molecule has 2 aromatic rings. The summed E-state index contributed by atoms with van der Waals surface area (Å²) in [7, 11) is -3.64. The molecule has 0 aliphatic rings. The van der Waals surface area contributed by atoms with E-state index in [-0.39, 0.29) is 17.3 Å². The lowest BCUT2D eigenvalue weighted by Gasteiger charge is -2.08. The van der Waals surface area contributed by atoms with Crippen molar-refractivity contribution < 1.29 is 8.42 Å². The molecule has 0 bridgehead atoms. The number of halogens is 1. The zero-order chi connectivity index (χ0) is 14.0. The van der Waals surface area contributed by atoms with Crippen LogP contribution in [0.4, 0.5) is 5.82 Å². The van der Waals surface area contributed by atoms with E-state index in [0.29, 0.717) is 10.6 Å². The van der Waals surface area contributed by atoms with Crippen LogP contribution < -0.4 is 10.5 Å². The number of aryl methyl sites for hydroxylation is 1. The molecule has 0 saturated carbocycles. The zero-order valence-corrected chi connectivity index (χ0v) is 13.3. The molecule has 0 saturated heterocycles. The Morgan fingerprint density at radius 2 is 2.16 bits per heavy atom. The van der Waals surface area contributed by atoms with Crippen LogP contribution in [0.3, 0.4) is 0 Å². The summed E-state index contributed by atoms with van der Waals surface area (Å²) < 4.78 is 27.7. The quantitative estimate of drug-likeness (QED) is 0.875. The van der Waals surface area contributed by atoms with E-state index >= 15 is 0 Å². The predicted molar refractivity (Wildman–Crippen MR) is 79.7 cm³/mol. The first-order valence-electron chi connectivity index (χ1n) is 5.36. The van der Waals surface area contributed by atoms with Gasteiger partial charge in [-0.05, 0) is 46.4 Å². The van der Waals surface area contributed by atoms with E-state index in [9.17, 15) is 8.42 Å². The highest BCUT2D eigenvalue weighted by atomic mass is 79.9. The molecule has 0 radical (unpaired) electrons. The Morgan fingerprint density at radius 1 is 1.42 bits per heavy atom. The molecule has 2 rings (SSSR count). The molecule has 5 nitrogen and oxygen atoms in total. The molecule has 0 amide bonds. The lowest BCUT2D eigenvalue weighted by molar-refractivity contribution is 0.600. The van der Waals surface area contributed by atoms with Crippen LogP contribution in [0.15, 0.2) is 32.9 Å². The molecule has 0 aliphatic carbocycles. The fourth-order valence-electron chi connectivity index (χ4n) is 1.51. The standard InChI is InChI=1S/C11H12BrN3O2S2/c1-7-8(12)2-3-11(14-7)15-19(16,17)10-4-5-18-9(10)6-13/h2-5H,6,13H2,1H3,(H,14,15). The van der Waals surface area contributed by atoms with Gasteiger partial charge in [0, 0.05) is 15.9 Å². The fourth-order valence-corrected chi connectivity index (χ4v) is 4.07. The highest BCUT2D eigenvalue weighted by molar-refractivity contribution is 9.10. The van der Waals surface area contributed by atoms with Crippen molar-refractivity contribution in [2.45, 2.75) is 18.4 Å². The smallest absolute Gasteiger partial charge is 0.264 e. The maximum absolute atomic E-state index is 12.2.